The standard InChI is InChI=1S/C37H45ClFNO5S2/c1-25-7-5-17-36(2)32(15-18-37(36,43)24-40(47(3,44)45)19-16-28-8-6-20-46-28)29-14-12-26(21-27(41)13-11-25)22-30(29)35(42)23-31-33(38)9-4-10-34(31)39/h4,6-10,12,14,20,22,27,32,41,43H,5,11,13,15-19,21,23-24H2,1-3H3/t27-,32-,36-,37+/m0/s1. The van der Waals surface area contributed by atoms with Crippen LogP contribution < -0.4 is 0 Å². The number of Topliss-reactive ketones (excluding diaryl/α,β-unsaturated/α-hetero) is 1. The Morgan fingerprint density at radius 3 is 2.64 bits per heavy atom. The van der Waals surface area contributed by atoms with Gasteiger partial charge in [0.15, 0.2) is 5.78 Å². The zero-order chi connectivity index (χ0) is 34.0. The van der Waals surface area contributed by atoms with Crippen LogP contribution in [0.2, 0.25) is 5.02 Å². The number of aliphatic hydroxyl groups is 2. The first kappa shape index (κ1) is 35.9. The molecule has 0 spiro atoms. The Morgan fingerprint density at radius 2 is 1.94 bits per heavy atom. The summed E-state index contributed by atoms with van der Waals surface area (Å²) in [6, 6.07) is 13.9. The number of carbonyl (C=O) groups excluding carboxylic acids is 1. The first-order valence-electron chi connectivity index (χ1n) is 16.3. The molecule has 0 amide bonds. The topological polar surface area (TPSA) is 94.9 Å². The number of nitrogens with zero attached hydrogens (tertiary/aromatic N) is 1. The Hall–Kier alpha value is -2.40. The number of fused-ring (bicyclic) bond motifs is 8. The number of aliphatic hydroxyl groups excluding tert-OH is 1. The molecule has 3 aromatic rings. The fourth-order valence-corrected chi connectivity index (χ4v) is 9.34. The van der Waals surface area contributed by atoms with Gasteiger partial charge in [0.1, 0.15) is 5.82 Å². The van der Waals surface area contributed by atoms with Gasteiger partial charge in [0.05, 0.1) is 18.0 Å². The van der Waals surface area contributed by atoms with Crippen molar-refractivity contribution < 1.29 is 27.8 Å². The second-order valence-electron chi connectivity index (χ2n) is 13.7. The van der Waals surface area contributed by atoms with E-state index in [0.717, 1.165) is 21.6 Å². The van der Waals surface area contributed by atoms with Gasteiger partial charge in [-0.25, -0.2) is 12.8 Å². The van der Waals surface area contributed by atoms with Gasteiger partial charge in [0.2, 0.25) is 10.0 Å². The van der Waals surface area contributed by atoms with Gasteiger partial charge in [-0.15, -0.1) is 11.3 Å². The SMILES string of the molecule is CC1=CCC[C@@]2(C)[C@@H](CC[C@@]2(O)CN(CCc2cccs2)S(C)(=O)=O)c2ccc(cc2C(=O)Cc2c(F)cccc2Cl)C[C@@H](O)CC1. The van der Waals surface area contributed by atoms with Crippen molar-refractivity contribution in [2.45, 2.75) is 89.3 Å². The summed E-state index contributed by atoms with van der Waals surface area (Å²) in [5.41, 5.74) is 1.09. The number of allylic oxidation sites excluding steroid dienone is 2. The van der Waals surface area contributed by atoms with Crippen molar-refractivity contribution in [1.29, 1.82) is 0 Å². The van der Waals surface area contributed by atoms with Gasteiger partial charge < -0.3 is 10.2 Å². The normalized spacial score (nSPS) is 25.4. The molecule has 0 saturated heterocycles. The lowest BCUT2D eigenvalue weighted by atomic mass is 9.64. The average Bonchev–Trinajstić information content (AvgIpc) is 3.61. The summed E-state index contributed by atoms with van der Waals surface area (Å²) in [5, 5.41) is 25.6. The highest BCUT2D eigenvalue weighted by Gasteiger charge is 2.57. The van der Waals surface area contributed by atoms with E-state index >= 15 is 0 Å². The summed E-state index contributed by atoms with van der Waals surface area (Å²) >= 11 is 7.91. The zero-order valence-electron chi connectivity index (χ0n) is 27.3. The number of rotatable bonds is 9. The van der Waals surface area contributed by atoms with Gasteiger partial charge in [0.25, 0.3) is 0 Å². The number of hydrogen-bond acceptors (Lipinski definition) is 6. The van der Waals surface area contributed by atoms with Crippen LogP contribution in [-0.4, -0.2) is 59.8 Å². The molecule has 254 valence electrons. The molecule has 1 heterocycles. The minimum Gasteiger partial charge on any atom is -0.393 e. The molecule has 2 N–H and O–H groups in total. The Labute approximate surface area is 287 Å². The minimum atomic E-state index is -3.64. The van der Waals surface area contributed by atoms with Crippen LogP contribution in [0.25, 0.3) is 0 Å². The summed E-state index contributed by atoms with van der Waals surface area (Å²) < 4.78 is 42.4. The third kappa shape index (κ3) is 8.09. The van der Waals surface area contributed by atoms with Crippen molar-refractivity contribution in [1.82, 2.24) is 4.31 Å². The highest BCUT2D eigenvalue weighted by atomic mass is 35.5. The monoisotopic (exact) mass is 701 g/mol. The molecule has 4 atom stereocenters. The van der Waals surface area contributed by atoms with Crippen LogP contribution in [-0.2, 0) is 29.3 Å². The largest absolute Gasteiger partial charge is 0.393 e. The summed E-state index contributed by atoms with van der Waals surface area (Å²) in [6.07, 6.45) is 6.83. The Balaban J connectivity index is 1.57. The van der Waals surface area contributed by atoms with Crippen molar-refractivity contribution in [2.24, 2.45) is 5.41 Å². The van der Waals surface area contributed by atoms with E-state index in [2.05, 4.69) is 6.08 Å². The van der Waals surface area contributed by atoms with E-state index in [4.69, 9.17) is 11.6 Å². The molecule has 3 aliphatic rings. The fraction of sp³-hybridized carbons (Fsp3) is 0.486. The third-order valence-corrected chi connectivity index (χ3v) is 13.0. The first-order valence-corrected chi connectivity index (χ1v) is 19.4. The average molecular weight is 702 g/mol. The predicted octanol–water partition coefficient (Wildman–Crippen LogP) is 7.51. The number of thiophene rings is 1. The fourth-order valence-electron chi connectivity index (χ4n) is 7.54. The smallest absolute Gasteiger partial charge is 0.211 e. The van der Waals surface area contributed by atoms with Crippen LogP contribution in [0.15, 0.2) is 65.6 Å². The molecule has 47 heavy (non-hydrogen) atoms. The van der Waals surface area contributed by atoms with Crippen molar-refractivity contribution in [2.75, 3.05) is 19.3 Å². The Bertz CT molecular complexity index is 1710. The maximum absolute atomic E-state index is 14.8. The van der Waals surface area contributed by atoms with Crippen molar-refractivity contribution in [3.63, 3.8) is 0 Å². The van der Waals surface area contributed by atoms with E-state index in [0.29, 0.717) is 56.9 Å². The molecule has 0 radical (unpaired) electrons. The first-order chi connectivity index (χ1) is 22.2. The molecule has 1 saturated carbocycles. The summed E-state index contributed by atoms with van der Waals surface area (Å²) in [6.45, 7) is 4.28. The molecule has 2 aromatic carbocycles. The van der Waals surface area contributed by atoms with Crippen LogP contribution in [0.5, 0.6) is 0 Å². The number of benzene rings is 2. The number of sulfonamides is 1. The van der Waals surface area contributed by atoms with E-state index in [1.807, 2.05) is 49.6 Å². The van der Waals surface area contributed by atoms with Gasteiger partial charge in [-0.2, -0.15) is 4.31 Å². The maximum Gasteiger partial charge on any atom is 0.211 e. The van der Waals surface area contributed by atoms with Gasteiger partial charge in [-0.3, -0.25) is 4.79 Å². The van der Waals surface area contributed by atoms with Crippen molar-refractivity contribution >= 4 is 38.7 Å². The third-order valence-electron chi connectivity index (χ3n) is 10.5. The minimum absolute atomic E-state index is 0.0503. The van der Waals surface area contributed by atoms with Gasteiger partial charge >= 0.3 is 0 Å². The Morgan fingerprint density at radius 1 is 1.15 bits per heavy atom. The molecule has 6 nitrogen and oxygen atoms in total. The van der Waals surface area contributed by atoms with Crippen molar-refractivity contribution in [3.8, 4) is 0 Å². The predicted molar refractivity (Wildman–Crippen MR) is 187 cm³/mol. The molecule has 2 bridgehead atoms. The highest BCUT2D eigenvalue weighted by Crippen LogP contribution is 2.59. The molecular weight excluding hydrogens is 657 g/mol. The van der Waals surface area contributed by atoms with Crippen LogP contribution in [0.4, 0.5) is 4.39 Å². The van der Waals surface area contributed by atoms with E-state index in [1.165, 1.54) is 22.7 Å². The number of carbonyl (C=O) groups is 1. The van der Waals surface area contributed by atoms with Crippen molar-refractivity contribution in [3.05, 3.63) is 104 Å². The van der Waals surface area contributed by atoms with Gasteiger partial charge in [-0.1, -0.05) is 54.4 Å². The van der Waals surface area contributed by atoms with E-state index < -0.39 is 33.0 Å². The second kappa shape index (κ2) is 14.6. The van der Waals surface area contributed by atoms with Gasteiger partial charge in [-0.05, 0) is 105 Å². The summed E-state index contributed by atoms with van der Waals surface area (Å²) in [5.74, 6) is -1.12. The van der Waals surface area contributed by atoms with Crippen LogP contribution >= 0.6 is 22.9 Å². The van der Waals surface area contributed by atoms with Crippen LogP contribution in [0.1, 0.15) is 90.2 Å². The molecule has 0 aliphatic heterocycles. The summed E-state index contributed by atoms with van der Waals surface area (Å²) in [4.78, 5) is 15.2. The molecule has 3 aliphatic carbocycles. The zero-order valence-corrected chi connectivity index (χ0v) is 29.7. The van der Waals surface area contributed by atoms with E-state index in [1.54, 1.807) is 17.4 Å². The lowest BCUT2D eigenvalue weighted by molar-refractivity contribution is -0.0722. The van der Waals surface area contributed by atoms with E-state index in [-0.39, 0.29) is 41.8 Å². The molecule has 0 unspecified atom stereocenters. The quantitative estimate of drug-likeness (QED) is 0.178. The Kier molecular flexibility index (Phi) is 11.2. The highest BCUT2D eigenvalue weighted by molar-refractivity contribution is 7.88. The molecular formula is C37H45ClFNO5S2. The second-order valence-corrected chi connectivity index (χ2v) is 17.1. The molecule has 1 fully saturated rings. The molecule has 10 heteroatoms. The molecule has 1 aromatic heterocycles. The van der Waals surface area contributed by atoms with E-state index in [9.17, 15) is 27.8 Å². The molecule has 6 rings (SSSR count). The number of hydrogen-bond donors (Lipinski definition) is 2. The number of ketones is 1. The van der Waals surface area contributed by atoms with Crippen LogP contribution in [0, 0.1) is 11.2 Å². The summed E-state index contributed by atoms with van der Waals surface area (Å²) in [7, 11) is -3.64. The lowest BCUT2D eigenvalue weighted by Crippen LogP contribution is -2.54. The number of halogens is 2. The maximum atomic E-state index is 14.8. The van der Waals surface area contributed by atoms with Crippen LogP contribution in [0.3, 0.4) is 0 Å². The van der Waals surface area contributed by atoms with Gasteiger partial charge in [0, 0.05) is 46.0 Å². The lowest BCUT2D eigenvalue weighted by Gasteiger charge is -2.45.